The van der Waals surface area contributed by atoms with Gasteiger partial charge in [0.25, 0.3) is 0 Å². The highest BCUT2D eigenvalue weighted by Crippen LogP contribution is 2.44. The average molecular weight is 335 g/mol. The van der Waals surface area contributed by atoms with E-state index in [4.69, 9.17) is 4.74 Å². The molecule has 2 N–H and O–H groups in total. The van der Waals surface area contributed by atoms with Crippen molar-refractivity contribution in [2.75, 3.05) is 39.3 Å². The molecular weight excluding hydrogens is 302 g/mol. The molecule has 3 heterocycles. The lowest BCUT2D eigenvalue weighted by atomic mass is 9.72. The van der Waals surface area contributed by atoms with Crippen LogP contribution in [-0.4, -0.2) is 55.9 Å². The predicted molar refractivity (Wildman–Crippen MR) is 93.9 cm³/mol. The Morgan fingerprint density at radius 2 is 2.00 bits per heavy atom. The van der Waals surface area contributed by atoms with E-state index >= 15 is 0 Å². The SMILES string of the molecule is O=C(NCC1CCOC2(CCC2)C1)N1CCC(C2CCNC2)CC1. The van der Waals surface area contributed by atoms with Gasteiger partial charge in [-0.3, -0.25) is 0 Å². The van der Waals surface area contributed by atoms with Gasteiger partial charge >= 0.3 is 6.03 Å². The summed E-state index contributed by atoms with van der Waals surface area (Å²) >= 11 is 0. The summed E-state index contributed by atoms with van der Waals surface area (Å²) in [6, 6.07) is 0.159. The number of piperidine rings is 1. The second kappa shape index (κ2) is 7.20. The van der Waals surface area contributed by atoms with Gasteiger partial charge in [-0.1, -0.05) is 0 Å². The van der Waals surface area contributed by atoms with E-state index in [0.717, 1.165) is 50.9 Å². The maximum absolute atomic E-state index is 12.5. The van der Waals surface area contributed by atoms with Gasteiger partial charge in [0, 0.05) is 26.2 Å². The highest BCUT2D eigenvalue weighted by atomic mass is 16.5. The molecule has 2 amide bonds. The molecule has 136 valence electrons. The summed E-state index contributed by atoms with van der Waals surface area (Å²) in [6.45, 7) is 5.94. The minimum Gasteiger partial charge on any atom is -0.375 e. The Kier molecular flexibility index (Phi) is 5.00. The number of hydrogen-bond donors (Lipinski definition) is 2. The number of urea groups is 1. The number of ether oxygens (including phenoxy) is 1. The van der Waals surface area contributed by atoms with E-state index in [1.54, 1.807) is 0 Å². The lowest BCUT2D eigenvalue weighted by molar-refractivity contribution is -0.142. The first-order valence-corrected chi connectivity index (χ1v) is 10.1. The molecule has 0 bridgehead atoms. The van der Waals surface area contributed by atoms with Crippen LogP contribution in [0.3, 0.4) is 0 Å². The number of amides is 2. The topological polar surface area (TPSA) is 53.6 Å². The predicted octanol–water partition coefficient (Wildman–Crippen LogP) is 2.37. The highest BCUT2D eigenvalue weighted by molar-refractivity contribution is 5.74. The van der Waals surface area contributed by atoms with Crippen molar-refractivity contribution in [3.8, 4) is 0 Å². The Balaban J connectivity index is 1.18. The Hall–Kier alpha value is -0.810. The fourth-order valence-electron chi connectivity index (χ4n) is 5.22. The van der Waals surface area contributed by atoms with Gasteiger partial charge in [-0.05, 0) is 82.2 Å². The van der Waals surface area contributed by atoms with Crippen molar-refractivity contribution in [3.63, 3.8) is 0 Å². The molecule has 4 fully saturated rings. The van der Waals surface area contributed by atoms with Crippen molar-refractivity contribution < 1.29 is 9.53 Å². The standard InChI is InChI=1S/C19H33N3O2/c23-18(21-13-15-5-11-24-19(12-15)6-1-7-19)22-9-3-16(4-10-22)17-2-8-20-14-17/h15-17,20H,1-14H2,(H,21,23). The number of hydrogen-bond acceptors (Lipinski definition) is 3. The summed E-state index contributed by atoms with van der Waals surface area (Å²) in [5.41, 5.74) is 0.182. The quantitative estimate of drug-likeness (QED) is 0.832. The number of carbonyl (C=O) groups excluding carboxylic acids is 1. The van der Waals surface area contributed by atoms with Crippen molar-refractivity contribution in [2.45, 2.75) is 57.0 Å². The summed E-state index contributed by atoms with van der Waals surface area (Å²) in [6.07, 6.45) is 9.68. The number of nitrogens with one attached hydrogen (secondary N) is 2. The smallest absolute Gasteiger partial charge is 0.317 e. The summed E-state index contributed by atoms with van der Waals surface area (Å²) < 4.78 is 5.99. The zero-order valence-corrected chi connectivity index (χ0v) is 14.9. The van der Waals surface area contributed by atoms with E-state index in [1.807, 2.05) is 4.90 Å². The summed E-state index contributed by atoms with van der Waals surface area (Å²) in [5.74, 6) is 2.26. The molecule has 1 spiro atoms. The molecule has 4 aliphatic rings. The second-order valence-corrected chi connectivity index (χ2v) is 8.51. The van der Waals surface area contributed by atoms with E-state index in [0.29, 0.717) is 5.92 Å². The molecule has 5 heteroatoms. The van der Waals surface area contributed by atoms with E-state index in [1.165, 1.54) is 51.6 Å². The molecule has 1 saturated carbocycles. The normalized spacial score (nSPS) is 33.4. The van der Waals surface area contributed by atoms with Gasteiger partial charge in [0.15, 0.2) is 0 Å². The minimum atomic E-state index is 0.159. The van der Waals surface area contributed by atoms with Crippen molar-refractivity contribution in [1.29, 1.82) is 0 Å². The molecular formula is C19H33N3O2. The molecule has 4 rings (SSSR count). The molecule has 2 atom stereocenters. The fourth-order valence-corrected chi connectivity index (χ4v) is 5.22. The molecule has 3 aliphatic heterocycles. The van der Waals surface area contributed by atoms with Gasteiger partial charge in [0.05, 0.1) is 5.60 Å². The maximum atomic E-state index is 12.5. The van der Waals surface area contributed by atoms with Crippen LogP contribution in [0.1, 0.15) is 51.4 Å². The number of likely N-dealkylation sites (tertiary alicyclic amines) is 1. The van der Waals surface area contributed by atoms with E-state index in [-0.39, 0.29) is 11.6 Å². The third-order valence-electron chi connectivity index (χ3n) is 6.99. The zero-order valence-electron chi connectivity index (χ0n) is 14.9. The van der Waals surface area contributed by atoms with Crippen LogP contribution in [0.4, 0.5) is 4.79 Å². The zero-order chi connectivity index (χ0) is 16.4. The van der Waals surface area contributed by atoms with Gasteiger partial charge in [-0.2, -0.15) is 0 Å². The molecule has 3 saturated heterocycles. The molecule has 5 nitrogen and oxygen atoms in total. The summed E-state index contributed by atoms with van der Waals surface area (Å²) in [4.78, 5) is 14.5. The van der Waals surface area contributed by atoms with Crippen molar-refractivity contribution in [1.82, 2.24) is 15.5 Å². The Labute approximate surface area is 145 Å². The molecule has 0 radical (unpaired) electrons. The van der Waals surface area contributed by atoms with Crippen LogP contribution >= 0.6 is 0 Å². The van der Waals surface area contributed by atoms with Gasteiger partial charge in [-0.15, -0.1) is 0 Å². The van der Waals surface area contributed by atoms with Crippen LogP contribution in [0.25, 0.3) is 0 Å². The molecule has 0 aromatic carbocycles. The maximum Gasteiger partial charge on any atom is 0.317 e. The highest BCUT2D eigenvalue weighted by Gasteiger charge is 2.42. The molecule has 1 aliphatic carbocycles. The Morgan fingerprint density at radius 3 is 2.67 bits per heavy atom. The minimum absolute atomic E-state index is 0.159. The average Bonchev–Trinajstić information content (AvgIpc) is 3.13. The number of nitrogens with zero attached hydrogens (tertiary/aromatic N) is 1. The lowest BCUT2D eigenvalue weighted by Crippen LogP contribution is -2.50. The molecule has 24 heavy (non-hydrogen) atoms. The third kappa shape index (κ3) is 3.57. The van der Waals surface area contributed by atoms with Gasteiger partial charge in [-0.25, -0.2) is 4.79 Å². The molecule has 0 aromatic rings. The van der Waals surface area contributed by atoms with Crippen molar-refractivity contribution in [2.24, 2.45) is 17.8 Å². The fraction of sp³-hybridized carbons (Fsp3) is 0.947. The Bertz CT molecular complexity index is 438. The van der Waals surface area contributed by atoms with Crippen molar-refractivity contribution >= 4 is 6.03 Å². The van der Waals surface area contributed by atoms with Crippen LogP contribution in [0.15, 0.2) is 0 Å². The van der Waals surface area contributed by atoms with Gasteiger partial charge in [0.2, 0.25) is 0 Å². The monoisotopic (exact) mass is 335 g/mol. The second-order valence-electron chi connectivity index (χ2n) is 8.51. The number of carbonyl (C=O) groups is 1. The number of rotatable bonds is 3. The van der Waals surface area contributed by atoms with E-state index < -0.39 is 0 Å². The first-order chi connectivity index (χ1) is 11.7. The van der Waals surface area contributed by atoms with Gasteiger partial charge in [0.1, 0.15) is 0 Å². The summed E-state index contributed by atoms with van der Waals surface area (Å²) in [7, 11) is 0. The first kappa shape index (κ1) is 16.6. The lowest BCUT2D eigenvalue weighted by Gasteiger charge is -2.47. The van der Waals surface area contributed by atoms with Crippen molar-refractivity contribution in [3.05, 3.63) is 0 Å². The van der Waals surface area contributed by atoms with Crippen LogP contribution < -0.4 is 10.6 Å². The van der Waals surface area contributed by atoms with E-state index in [2.05, 4.69) is 10.6 Å². The largest absolute Gasteiger partial charge is 0.375 e. The molecule has 0 aromatic heterocycles. The summed E-state index contributed by atoms with van der Waals surface area (Å²) in [5, 5.41) is 6.68. The van der Waals surface area contributed by atoms with Crippen LogP contribution in [0.2, 0.25) is 0 Å². The van der Waals surface area contributed by atoms with E-state index in [9.17, 15) is 4.79 Å². The van der Waals surface area contributed by atoms with Crippen LogP contribution in [0, 0.1) is 17.8 Å². The third-order valence-corrected chi connectivity index (χ3v) is 6.99. The Morgan fingerprint density at radius 1 is 1.17 bits per heavy atom. The van der Waals surface area contributed by atoms with Crippen LogP contribution in [-0.2, 0) is 4.74 Å². The van der Waals surface area contributed by atoms with Crippen LogP contribution in [0.5, 0.6) is 0 Å². The van der Waals surface area contributed by atoms with Gasteiger partial charge < -0.3 is 20.3 Å². The molecule has 2 unspecified atom stereocenters. The first-order valence-electron chi connectivity index (χ1n) is 10.1.